The van der Waals surface area contributed by atoms with Crippen molar-refractivity contribution in [1.82, 2.24) is 5.32 Å². The summed E-state index contributed by atoms with van der Waals surface area (Å²) >= 11 is 12.3. The van der Waals surface area contributed by atoms with E-state index in [1.807, 2.05) is 0 Å². The minimum Gasteiger partial charge on any atom is -0.561 e. The van der Waals surface area contributed by atoms with Crippen LogP contribution in [0.15, 0.2) is 6.07 Å². The highest BCUT2D eigenvalue weighted by molar-refractivity contribution is 6.44. The zero-order valence-electron chi connectivity index (χ0n) is 15.5. The van der Waals surface area contributed by atoms with Crippen molar-refractivity contribution in [2.45, 2.75) is 40.1 Å². The Morgan fingerprint density at radius 1 is 1.30 bits per heavy atom. The third-order valence-corrected chi connectivity index (χ3v) is 4.54. The number of hydrogen-bond donors (Lipinski definition) is 1. The molecule has 1 aromatic rings. The van der Waals surface area contributed by atoms with Crippen molar-refractivity contribution >= 4 is 48.5 Å². The molecule has 0 aromatic heterocycles. The van der Waals surface area contributed by atoms with Crippen LogP contribution in [0.5, 0.6) is 5.75 Å². The topological polar surface area (TPSA) is 90.9 Å². The molecule has 0 spiro atoms. The summed E-state index contributed by atoms with van der Waals surface area (Å²) in [6.45, 7) is 5.90. The van der Waals surface area contributed by atoms with Crippen molar-refractivity contribution in [2.24, 2.45) is 5.41 Å². The summed E-state index contributed by atoms with van der Waals surface area (Å²) in [6.07, 6.45) is 0.422. The SMILES string of the molecule is CC(=O)N[C@@H]1BOc2c(cc(Cl)c(Cl)c2C(=O)OCOC(=O)C(C)(C)C)C1. The van der Waals surface area contributed by atoms with Crippen LogP contribution in [0.1, 0.15) is 43.6 Å². The smallest absolute Gasteiger partial charge is 0.363 e. The van der Waals surface area contributed by atoms with Gasteiger partial charge in [0, 0.05) is 12.9 Å². The molecular weight excluding hydrogens is 396 g/mol. The molecule has 0 saturated carbocycles. The number of ether oxygens (including phenoxy) is 2. The van der Waals surface area contributed by atoms with Gasteiger partial charge in [-0.15, -0.1) is 0 Å². The van der Waals surface area contributed by atoms with Crippen molar-refractivity contribution in [3.63, 3.8) is 0 Å². The summed E-state index contributed by atoms with van der Waals surface area (Å²) in [6, 6.07) is 1.59. The average molecular weight is 416 g/mol. The molecule has 2 rings (SSSR count). The van der Waals surface area contributed by atoms with Crippen molar-refractivity contribution in [2.75, 3.05) is 6.79 Å². The first kappa shape index (κ1) is 21.4. The minimum atomic E-state index is -0.821. The van der Waals surface area contributed by atoms with Crippen molar-refractivity contribution < 1.29 is 28.5 Å². The van der Waals surface area contributed by atoms with Gasteiger partial charge >= 0.3 is 19.4 Å². The van der Waals surface area contributed by atoms with Crippen LogP contribution in [0.2, 0.25) is 10.0 Å². The molecule has 0 unspecified atom stereocenters. The van der Waals surface area contributed by atoms with Crippen LogP contribution in [-0.2, 0) is 25.5 Å². The molecule has 1 amide bonds. The van der Waals surface area contributed by atoms with Gasteiger partial charge < -0.3 is 19.4 Å². The summed E-state index contributed by atoms with van der Waals surface area (Å²) in [5.41, 5.74) is -0.138. The quantitative estimate of drug-likeness (QED) is 0.461. The summed E-state index contributed by atoms with van der Waals surface area (Å²) in [5.74, 6) is -1.52. The lowest BCUT2D eigenvalue weighted by atomic mass is 9.79. The Kier molecular flexibility index (Phi) is 6.65. The van der Waals surface area contributed by atoms with E-state index in [9.17, 15) is 14.4 Å². The van der Waals surface area contributed by atoms with Gasteiger partial charge in [-0.05, 0) is 38.8 Å². The van der Waals surface area contributed by atoms with Gasteiger partial charge in [-0.3, -0.25) is 9.59 Å². The monoisotopic (exact) mass is 415 g/mol. The lowest BCUT2D eigenvalue weighted by Crippen LogP contribution is -2.44. The Bertz CT molecular complexity index is 778. The highest BCUT2D eigenvalue weighted by atomic mass is 35.5. The fourth-order valence-corrected chi connectivity index (χ4v) is 2.92. The molecule has 0 radical (unpaired) electrons. The fraction of sp³-hybridized carbons (Fsp3) is 0.471. The Hall–Kier alpha value is -1.93. The summed E-state index contributed by atoms with van der Waals surface area (Å²) in [7, 11) is 0.170. The molecule has 7 nitrogen and oxygen atoms in total. The van der Waals surface area contributed by atoms with Gasteiger partial charge in [-0.1, -0.05) is 23.2 Å². The summed E-state index contributed by atoms with van der Waals surface area (Å²) in [4.78, 5) is 35.4. The van der Waals surface area contributed by atoms with Gasteiger partial charge in [0.25, 0.3) is 0 Å². The minimum absolute atomic E-state index is 0.0134. The standard InChI is InChI=1S/C17H20BCl2NO6/c1-8(22)21-11-6-9-5-10(19)13(20)12(14(9)27-18-11)15(23)25-7-26-16(24)17(2,3)4/h5,11,18H,6-7H2,1-4H3,(H,21,22)/t11-/m0/s1. The maximum Gasteiger partial charge on any atom is 0.363 e. The number of halogens is 2. The fourth-order valence-electron chi connectivity index (χ4n) is 2.47. The molecule has 1 atom stereocenters. The Morgan fingerprint density at radius 2 is 1.96 bits per heavy atom. The third-order valence-electron chi connectivity index (χ3n) is 3.75. The highest BCUT2D eigenvalue weighted by Gasteiger charge is 2.31. The number of esters is 2. The Labute approximate surface area is 167 Å². The average Bonchev–Trinajstić information content (AvgIpc) is 2.54. The second-order valence-electron chi connectivity index (χ2n) is 7.18. The predicted molar refractivity (Wildman–Crippen MR) is 101 cm³/mol. The number of carbonyl (C=O) groups is 3. The van der Waals surface area contributed by atoms with Gasteiger partial charge in [-0.25, -0.2) is 4.79 Å². The van der Waals surface area contributed by atoms with Crippen LogP contribution in [0, 0.1) is 5.41 Å². The number of fused-ring (bicyclic) bond motifs is 1. The molecule has 1 aliphatic heterocycles. The Morgan fingerprint density at radius 3 is 2.56 bits per heavy atom. The van der Waals surface area contributed by atoms with E-state index in [1.165, 1.54) is 6.92 Å². The van der Waals surface area contributed by atoms with E-state index in [4.69, 9.17) is 37.3 Å². The highest BCUT2D eigenvalue weighted by Crippen LogP contribution is 2.39. The molecule has 0 fully saturated rings. The zero-order valence-corrected chi connectivity index (χ0v) is 17.0. The van der Waals surface area contributed by atoms with Crippen LogP contribution in [0.4, 0.5) is 0 Å². The molecule has 1 aliphatic rings. The predicted octanol–water partition coefficient (Wildman–Crippen LogP) is 2.45. The van der Waals surface area contributed by atoms with Crippen LogP contribution in [0.25, 0.3) is 0 Å². The van der Waals surface area contributed by atoms with E-state index in [0.717, 1.165) is 0 Å². The van der Waals surface area contributed by atoms with Crippen LogP contribution < -0.4 is 9.97 Å². The number of hydrogen-bond acceptors (Lipinski definition) is 6. The van der Waals surface area contributed by atoms with Crippen LogP contribution >= 0.6 is 23.2 Å². The summed E-state index contributed by atoms with van der Waals surface area (Å²) < 4.78 is 15.6. The number of benzene rings is 1. The van der Waals surface area contributed by atoms with E-state index in [1.54, 1.807) is 26.8 Å². The zero-order chi connectivity index (χ0) is 20.4. The second-order valence-corrected chi connectivity index (χ2v) is 7.96. The van der Waals surface area contributed by atoms with E-state index < -0.39 is 24.1 Å². The van der Waals surface area contributed by atoms with Crippen molar-refractivity contribution in [3.05, 3.63) is 27.2 Å². The van der Waals surface area contributed by atoms with Gasteiger partial charge in [0.15, 0.2) is 0 Å². The molecule has 10 heteroatoms. The molecule has 27 heavy (non-hydrogen) atoms. The van der Waals surface area contributed by atoms with E-state index in [0.29, 0.717) is 12.0 Å². The van der Waals surface area contributed by atoms with Gasteiger partial charge in [0.05, 0.1) is 15.5 Å². The number of amides is 1. The lowest BCUT2D eigenvalue weighted by molar-refractivity contribution is -0.161. The van der Waals surface area contributed by atoms with Crippen molar-refractivity contribution in [1.29, 1.82) is 0 Å². The molecule has 0 saturated heterocycles. The van der Waals surface area contributed by atoms with Gasteiger partial charge in [-0.2, -0.15) is 0 Å². The van der Waals surface area contributed by atoms with E-state index in [-0.39, 0.29) is 40.7 Å². The first-order valence-corrected chi connectivity index (χ1v) is 9.01. The van der Waals surface area contributed by atoms with Crippen molar-refractivity contribution in [3.8, 4) is 5.75 Å². The van der Waals surface area contributed by atoms with Crippen LogP contribution in [0.3, 0.4) is 0 Å². The van der Waals surface area contributed by atoms with E-state index in [2.05, 4.69) is 5.32 Å². The molecule has 0 aliphatic carbocycles. The van der Waals surface area contributed by atoms with Crippen LogP contribution in [-0.4, -0.2) is 38.1 Å². The third kappa shape index (κ3) is 5.29. The van der Waals surface area contributed by atoms with Gasteiger partial charge in [0.1, 0.15) is 11.3 Å². The first-order chi connectivity index (χ1) is 12.5. The maximum atomic E-state index is 12.5. The summed E-state index contributed by atoms with van der Waals surface area (Å²) in [5, 5.41) is 2.89. The lowest BCUT2D eigenvalue weighted by Gasteiger charge is -2.27. The first-order valence-electron chi connectivity index (χ1n) is 8.25. The van der Waals surface area contributed by atoms with E-state index >= 15 is 0 Å². The molecular formula is C17H20BCl2NO6. The number of nitrogens with one attached hydrogen (secondary N) is 1. The normalized spacial score (nSPS) is 15.7. The second kappa shape index (κ2) is 8.40. The molecule has 1 N–H and O–H groups in total. The molecule has 1 heterocycles. The van der Waals surface area contributed by atoms with Gasteiger partial charge in [0.2, 0.25) is 12.7 Å². The number of carbonyl (C=O) groups excluding carboxylic acids is 3. The maximum absolute atomic E-state index is 12.5. The largest absolute Gasteiger partial charge is 0.561 e. The Balaban J connectivity index is 2.17. The number of rotatable bonds is 4. The molecule has 0 bridgehead atoms. The molecule has 146 valence electrons. The molecule has 1 aromatic carbocycles.